The smallest absolute Gasteiger partial charge is 0.224 e. The van der Waals surface area contributed by atoms with E-state index in [1.54, 1.807) is 6.20 Å². The summed E-state index contributed by atoms with van der Waals surface area (Å²) in [4.78, 5) is 8.68. The van der Waals surface area contributed by atoms with Gasteiger partial charge in [-0.05, 0) is 25.3 Å². The number of nitrogens with zero attached hydrogens (tertiary/aromatic N) is 2. The van der Waals surface area contributed by atoms with Crippen molar-refractivity contribution in [2.45, 2.75) is 53.0 Å². The quantitative estimate of drug-likeness (QED) is 0.741. The Bertz CT molecular complexity index is 336. The molecule has 0 bridgehead atoms. The molecular weight excluding hydrogens is 224 g/mol. The summed E-state index contributed by atoms with van der Waals surface area (Å²) in [5.74, 6) is 2.30. The van der Waals surface area contributed by atoms with Crippen molar-refractivity contribution in [3.8, 4) is 0 Å². The van der Waals surface area contributed by atoms with Gasteiger partial charge >= 0.3 is 0 Å². The van der Waals surface area contributed by atoms with Gasteiger partial charge in [-0.2, -0.15) is 4.98 Å². The fourth-order valence-electron chi connectivity index (χ4n) is 2.11. The van der Waals surface area contributed by atoms with E-state index in [0.29, 0.717) is 17.9 Å². The van der Waals surface area contributed by atoms with E-state index in [1.165, 1.54) is 12.8 Å². The first-order valence-electron chi connectivity index (χ1n) is 7.04. The van der Waals surface area contributed by atoms with Crippen molar-refractivity contribution in [2.75, 3.05) is 17.2 Å². The van der Waals surface area contributed by atoms with Crippen LogP contribution in [0, 0.1) is 5.92 Å². The highest BCUT2D eigenvalue weighted by Crippen LogP contribution is 2.17. The van der Waals surface area contributed by atoms with Crippen LogP contribution in [0.4, 0.5) is 11.8 Å². The number of hydrogen-bond donors (Lipinski definition) is 2. The van der Waals surface area contributed by atoms with Crippen molar-refractivity contribution in [2.24, 2.45) is 5.92 Å². The molecule has 2 N–H and O–H groups in total. The van der Waals surface area contributed by atoms with Crippen molar-refractivity contribution >= 4 is 11.8 Å². The van der Waals surface area contributed by atoms with Gasteiger partial charge in [-0.15, -0.1) is 0 Å². The van der Waals surface area contributed by atoms with Gasteiger partial charge in [-0.3, -0.25) is 0 Å². The van der Waals surface area contributed by atoms with Gasteiger partial charge in [0.15, 0.2) is 0 Å². The lowest BCUT2D eigenvalue weighted by Gasteiger charge is -2.23. The second kappa shape index (κ2) is 7.90. The molecule has 0 fully saturated rings. The first-order chi connectivity index (χ1) is 8.71. The molecule has 0 amide bonds. The monoisotopic (exact) mass is 250 g/mol. The van der Waals surface area contributed by atoms with Crippen molar-refractivity contribution in [3.05, 3.63) is 12.3 Å². The molecule has 102 valence electrons. The van der Waals surface area contributed by atoms with Crippen LogP contribution in [0.1, 0.15) is 47.0 Å². The minimum absolute atomic E-state index is 0.439. The van der Waals surface area contributed by atoms with Gasteiger partial charge in [0.2, 0.25) is 5.95 Å². The summed E-state index contributed by atoms with van der Waals surface area (Å²) in [6.07, 6.45) is 5.26. The summed E-state index contributed by atoms with van der Waals surface area (Å²) >= 11 is 0. The number of rotatable bonds is 8. The molecule has 1 aromatic heterocycles. The van der Waals surface area contributed by atoms with Crippen LogP contribution in [0.15, 0.2) is 12.3 Å². The topological polar surface area (TPSA) is 49.8 Å². The minimum atomic E-state index is 0.439. The molecule has 0 saturated heterocycles. The average Bonchev–Trinajstić information content (AvgIpc) is 2.38. The van der Waals surface area contributed by atoms with Crippen LogP contribution in [0.25, 0.3) is 0 Å². The van der Waals surface area contributed by atoms with E-state index >= 15 is 0 Å². The zero-order valence-corrected chi connectivity index (χ0v) is 12.0. The summed E-state index contributed by atoms with van der Waals surface area (Å²) in [5, 5.41) is 6.67. The fraction of sp³-hybridized carbons (Fsp3) is 0.714. The van der Waals surface area contributed by atoms with Gasteiger partial charge in [0, 0.05) is 18.8 Å². The van der Waals surface area contributed by atoms with Crippen LogP contribution >= 0.6 is 0 Å². The van der Waals surface area contributed by atoms with Gasteiger partial charge < -0.3 is 10.6 Å². The van der Waals surface area contributed by atoms with Crippen LogP contribution in [-0.4, -0.2) is 22.6 Å². The molecular formula is C14H26N4. The van der Waals surface area contributed by atoms with E-state index in [1.807, 2.05) is 6.07 Å². The summed E-state index contributed by atoms with van der Waals surface area (Å²) in [5.41, 5.74) is 0. The van der Waals surface area contributed by atoms with Crippen molar-refractivity contribution in [3.63, 3.8) is 0 Å². The Labute approximate surface area is 111 Å². The van der Waals surface area contributed by atoms with Gasteiger partial charge in [-0.1, -0.05) is 33.6 Å². The second-order valence-corrected chi connectivity index (χ2v) is 4.70. The van der Waals surface area contributed by atoms with E-state index in [0.717, 1.165) is 18.8 Å². The molecule has 1 aromatic rings. The minimum Gasteiger partial charge on any atom is -0.367 e. The predicted molar refractivity (Wildman–Crippen MR) is 78.0 cm³/mol. The Morgan fingerprint density at radius 2 is 1.94 bits per heavy atom. The molecule has 4 heteroatoms. The molecule has 1 unspecified atom stereocenters. The average molecular weight is 250 g/mol. The van der Waals surface area contributed by atoms with Crippen molar-refractivity contribution in [1.82, 2.24) is 9.97 Å². The molecule has 0 aliphatic rings. The van der Waals surface area contributed by atoms with Gasteiger partial charge in [0.1, 0.15) is 5.82 Å². The van der Waals surface area contributed by atoms with E-state index in [4.69, 9.17) is 0 Å². The zero-order valence-electron chi connectivity index (χ0n) is 12.0. The van der Waals surface area contributed by atoms with E-state index in [2.05, 4.69) is 48.3 Å². The summed E-state index contributed by atoms with van der Waals surface area (Å²) in [7, 11) is 0. The largest absolute Gasteiger partial charge is 0.367 e. The molecule has 0 radical (unpaired) electrons. The Morgan fingerprint density at radius 1 is 1.22 bits per heavy atom. The highest BCUT2D eigenvalue weighted by atomic mass is 15.1. The highest BCUT2D eigenvalue weighted by molar-refractivity contribution is 5.40. The Kier molecular flexibility index (Phi) is 6.47. The molecule has 18 heavy (non-hydrogen) atoms. The second-order valence-electron chi connectivity index (χ2n) is 4.70. The van der Waals surface area contributed by atoms with Crippen LogP contribution in [0.3, 0.4) is 0 Å². The van der Waals surface area contributed by atoms with Gasteiger partial charge in [-0.25, -0.2) is 4.98 Å². The number of anilines is 2. The van der Waals surface area contributed by atoms with Crippen molar-refractivity contribution < 1.29 is 0 Å². The third-order valence-electron chi connectivity index (χ3n) is 3.32. The lowest BCUT2D eigenvalue weighted by atomic mass is 9.95. The molecule has 1 heterocycles. The molecule has 0 aromatic carbocycles. The molecule has 0 saturated carbocycles. The van der Waals surface area contributed by atoms with Crippen LogP contribution in [0.2, 0.25) is 0 Å². The number of nitrogens with one attached hydrogen (secondary N) is 2. The molecule has 1 rings (SSSR count). The summed E-state index contributed by atoms with van der Waals surface area (Å²) < 4.78 is 0. The molecule has 4 nitrogen and oxygen atoms in total. The van der Waals surface area contributed by atoms with Crippen LogP contribution in [0.5, 0.6) is 0 Å². The van der Waals surface area contributed by atoms with Crippen molar-refractivity contribution in [1.29, 1.82) is 0 Å². The van der Waals surface area contributed by atoms with Crippen LogP contribution in [-0.2, 0) is 0 Å². The zero-order chi connectivity index (χ0) is 13.4. The maximum atomic E-state index is 4.47. The third kappa shape index (κ3) is 4.51. The lowest BCUT2D eigenvalue weighted by molar-refractivity contribution is 0.437. The molecule has 0 aliphatic carbocycles. The van der Waals surface area contributed by atoms with Crippen LogP contribution < -0.4 is 10.6 Å². The first kappa shape index (κ1) is 14.7. The first-order valence-corrected chi connectivity index (χ1v) is 7.04. The molecule has 0 spiro atoms. The van der Waals surface area contributed by atoms with E-state index in [9.17, 15) is 0 Å². The highest BCUT2D eigenvalue weighted by Gasteiger charge is 2.13. The maximum absolute atomic E-state index is 4.47. The SMILES string of the molecule is CCCNc1nccc(NC(C)C(CC)CC)n1. The maximum Gasteiger partial charge on any atom is 0.224 e. The molecule has 1 atom stereocenters. The standard InChI is InChI=1S/C14H26N4/c1-5-9-15-14-16-10-8-13(18-14)17-11(4)12(6-2)7-3/h8,10-12H,5-7,9H2,1-4H3,(H2,15,16,17,18). The Morgan fingerprint density at radius 3 is 2.56 bits per heavy atom. The number of hydrogen-bond acceptors (Lipinski definition) is 4. The fourth-order valence-corrected chi connectivity index (χ4v) is 2.11. The Hall–Kier alpha value is -1.32. The predicted octanol–water partition coefficient (Wildman–Crippen LogP) is 3.54. The van der Waals surface area contributed by atoms with Gasteiger partial charge in [0.25, 0.3) is 0 Å². The summed E-state index contributed by atoms with van der Waals surface area (Å²) in [6, 6.07) is 2.37. The number of aromatic nitrogens is 2. The Balaban J connectivity index is 2.60. The van der Waals surface area contributed by atoms with E-state index < -0.39 is 0 Å². The van der Waals surface area contributed by atoms with Gasteiger partial charge in [0.05, 0.1) is 0 Å². The normalized spacial score (nSPS) is 12.5. The molecule has 0 aliphatic heterocycles. The van der Waals surface area contributed by atoms with E-state index in [-0.39, 0.29) is 0 Å². The third-order valence-corrected chi connectivity index (χ3v) is 3.32. The lowest BCUT2D eigenvalue weighted by Crippen LogP contribution is -2.25. The summed E-state index contributed by atoms with van der Waals surface area (Å²) in [6.45, 7) is 9.73.